The van der Waals surface area contributed by atoms with Crippen LogP contribution in [-0.4, -0.2) is 24.9 Å². The maximum Gasteiger partial charge on any atom is 0.0516 e. The van der Waals surface area contributed by atoms with E-state index in [1.807, 2.05) is 24.3 Å². The maximum absolute atomic E-state index is 9.35. The van der Waals surface area contributed by atoms with Crippen LogP contribution in [0, 0.1) is 5.92 Å². The van der Waals surface area contributed by atoms with Gasteiger partial charge in [0.2, 0.25) is 0 Å². The zero-order valence-corrected chi connectivity index (χ0v) is 9.28. The Bertz CT molecular complexity index is 323. The summed E-state index contributed by atoms with van der Waals surface area (Å²) in [5.41, 5.74) is 1.12. The molecule has 0 aromatic heterocycles. The van der Waals surface area contributed by atoms with Crippen molar-refractivity contribution in [3.05, 3.63) is 34.9 Å². The first-order valence-electron chi connectivity index (χ1n) is 5.23. The van der Waals surface area contributed by atoms with E-state index in [4.69, 9.17) is 16.3 Å². The van der Waals surface area contributed by atoms with Gasteiger partial charge < -0.3 is 9.84 Å². The van der Waals surface area contributed by atoms with Gasteiger partial charge >= 0.3 is 0 Å². The molecule has 1 aromatic rings. The Labute approximate surface area is 94.8 Å². The summed E-state index contributed by atoms with van der Waals surface area (Å²) in [6.07, 6.45) is 0.983. The number of hydrogen-bond donors (Lipinski definition) is 1. The summed E-state index contributed by atoms with van der Waals surface area (Å²) in [5.74, 6) is 0.790. The lowest BCUT2D eigenvalue weighted by atomic mass is 9.88. The Balaban J connectivity index is 2.04. The molecule has 1 aliphatic heterocycles. The molecule has 2 nitrogen and oxygen atoms in total. The number of halogens is 1. The van der Waals surface area contributed by atoms with Gasteiger partial charge in [-0.25, -0.2) is 0 Å². The van der Waals surface area contributed by atoms with Crippen LogP contribution in [0.3, 0.4) is 0 Å². The number of hydrogen-bond acceptors (Lipinski definition) is 2. The second kappa shape index (κ2) is 4.97. The van der Waals surface area contributed by atoms with Gasteiger partial charge in [0.1, 0.15) is 0 Å². The number of aliphatic hydroxyl groups excluding tert-OH is 1. The van der Waals surface area contributed by atoms with Crippen LogP contribution in [0.25, 0.3) is 0 Å². The maximum atomic E-state index is 9.35. The zero-order chi connectivity index (χ0) is 10.7. The molecule has 1 heterocycles. The lowest BCUT2D eigenvalue weighted by molar-refractivity contribution is -0.0405. The first-order valence-corrected chi connectivity index (χ1v) is 5.61. The lowest BCUT2D eigenvalue weighted by Gasteiger charge is -2.29. The van der Waals surface area contributed by atoms with Crippen molar-refractivity contribution < 1.29 is 9.84 Å². The van der Waals surface area contributed by atoms with Gasteiger partial charge in [0, 0.05) is 23.5 Å². The number of aliphatic hydroxyl groups is 1. The van der Waals surface area contributed by atoms with E-state index < -0.39 is 0 Å². The van der Waals surface area contributed by atoms with Gasteiger partial charge in [0.25, 0.3) is 0 Å². The molecule has 0 aliphatic carbocycles. The second-order valence-corrected chi connectivity index (χ2v) is 4.51. The second-order valence-electron chi connectivity index (χ2n) is 4.07. The fourth-order valence-electron chi connectivity index (χ4n) is 1.90. The Hall–Kier alpha value is -0.570. The van der Waals surface area contributed by atoms with Gasteiger partial charge in [0.05, 0.1) is 13.2 Å². The summed E-state index contributed by atoms with van der Waals surface area (Å²) in [4.78, 5) is 0. The van der Waals surface area contributed by atoms with Crippen molar-refractivity contribution in [2.24, 2.45) is 5.92 Å². The smallest absolute Gasteiger partial charge is 0.0516 e. The minimum Gasteiger partial charge on any atom is -0.396 e. The average Bonchev–Trinajstić information content (AvgIpc) is 2.16. The van der Waals surface area contributed by atoms with Crippen LogP contribution >= 0.6 is 11.6 Å². The molecule has 0 bridgehead atoms. The van der Waals surface area contributed by atoms with Crippen LogP contribution in [0.5, 0.6) is 0 Å². The number of benzene rings is 1. The third-order valence-electron chi connectivity index (χ3n) is 2.87. The van der Waals surface area contributed by atoms with Crippen LogP contribution in [0.15, 0.2) is 24.3 Å². The molecule has 2 rings (SSSR count). The lowest BCUT2D eigenvalue weighted by Crippen LogP contribution is -2.29. The highest BCUT2D eigenvalue weighted by atomic mass is 35.5. The quantitative estimate of drug-likeness (QED) is 0.855. The van der Waals surface area contributed by atoms with Gasteiger partial charge in [-0.1, -0.05) is 23.7 Å². The van der Waals surface area contributed by atoms with Gasteiger partial charge in [-0.05, 0) is 24.1 Å². The molecular formula is C12H15ClO2. The van der Waals surface area contributed by atoms with Gasteiger partial charge in [0.15, 0.2) is 0 Å². The number of ether oxygens (including phenoxy) is 1. The Morgan fingerprint density at radius 1 is 1.47 bits per heavy atom. The average molecular weight is 227 g/mol. The first kappa shape index (κ1) is 10.9. The highest BCUT2D eigenvalue weighted by Crippen LogP contribution is 2.28. The molecule has 1 saturated heterocycles. The van der Waals surface area contributed by atoms with E-state index in [2.05, 4.69) is 0 Å². The highest BCUT2D eigenvalue weighted by Gasteiger charge is 2.23. The summed E-state index contributed by atoms with van der Waals surface area (Å²) >= 11 is 5.92. The third kappa shape index (κ3) is 2.71. The molecular weight excluding hydrogens is 212 g/mol. The van der Waals surface area contributed by atoms with Crippen molar-refractivity contribution in [2.75, 3.05) is 19.8 Å². The summed E-state index contributed by atoms with van der Waals surface area (Å²) in [6.45, 7) is 1.84. The minimum absolute atomic E-state index is 0.177. The Morgan fingerprint density at radius 3 is 2.80 bits per heavy atom. The fraction of sp³-hybridized carbons (Fsp3) is 0.500. The predicted octanol–water partition coefficient (Wildman–Crippen LogP) is 2.45. The summed E-state index contributed by atoms with van der Waals surface area (Å²) in [6, 6.07) is 7.73. The molecule has 3 heteroatoms. The summed E-state index contributed by atoms with van der Waals surface area (Å²) in [7, 11) is 0. The third-order valence-corrected chi connectivity index (χ3v) is 3.10. The van der Waals surface area contributed by atoms with Crippen LogP contribution in [0.2, 0.25) is 5.02 Å². The predicted molar refractivity (Wildman–Crippen MR) is 60.2 cm³/mol. The van der Waals surface area contributed by atoms with Crippen LogP contribution < -0.4 is 0 Å². The van der Waals surface area contributed by atoms with Crippen molar-refractivity contribution >= 4 is 11.6 Å². The Morgan fingerprint density at radius 2 is 2.27 bits per heavy atom. The van der Waals surface area contributed by atoms with E-state index in [1.165, 1.54) is 0 Å². The van der Waals surface area contributed by atoms with Crippen LogP contribution in [0.1, 0.15) is 17.9 Å². The molecule has 1 N–H and O–H groups in total. The molecule has 0 radical (unpaired) electrons. The molecule has 0 spiro atoms. The molecule has 1 fully saturated rings. The standard InChI is InChI=1S/C12H15ClO2/c13-12-3-1-2-10(5-12)11(6-14)4-9-7-15-8-9/h1-3,5,9,11,14H,4,6-8H2. The molecule has 15 heavy (non-hydrogen) atoms. The minimum atomic E-state index is 0.177. The van der Waals surface area contributed by atoms with Crippen molar-refractivity contribution in [1.29, 1.82) is 0 Å². The number of rotatable bonds is 4. The normalized spacial score (nSPS) is 18.5. The van der Waals surface area contributed by atoms with Crippen molar-refractivity contribution in [3.8, 4) is 0 Å². The highest BCUT2D eigenvalue weighted by molar-refractivity contribution is 6.30. The molecule has 82 valence electrons. The first-order chi connectivity index (χ1) is 7.29. The molecule has 1 aliphatic rings. The van der Waals surface area contributed by atoms with Gasteiger partial charge in [-0.15, -0.1) is 0 Å². The molecule has 1 unspecified atom stereocenters. The van der Waals surface area contributed by atoms with Crippen LogP contribution in [0.4, 0.5) is 0 Å². The van der Waals surface area contributed by atoms with E-state index in [1.54, 1.807) is 0 Å². The monoisotopic (exact) mass is 226 g/mol. The summed E-state index contributed by atoms with van der Waals surface area (Å²) in [5, 5.41) is 10.1. The van der Waals surface area contributed by atoms with E-state index in [9.17, 15) is 5.11 Å². The largest absolute Gasteiger partial charge is 0.396 e. The van der Waals surface area contributed by atoms with E-state index in [-0.39, 0.29) is 12.5 Å². The van der Waals surface area contributed by atoms with Crippen molar-refractivity contribution in [2.45, 2.75) is 12.3 Å². The SMILES string of the molecule is OCC(CC1COC1)c1cccc(Cl)c1. The molecule has 0 saturated carbocycles. The van der Waals surface area contributed by atoms with Gasteiger partial charge in [-0.2, -0.15) is 0 Å². The van der Waals surface area contributed by atoms with Crippen molar-refractivity contribution in [3.63, 3.8) is 0 Å². The molecule has 1 atom stereocenters. The summed E-state index contributed by atoms with van der Waals surface area (Å²) < 4.78 is 5.13. The zero-order valence-electron chi connectivity index (χ0n) is 8.53. The van der Waals surface area contributed by atoms with Gasteiger partial charge in [-0.3, -0.25) is 0 Å². The van der Waals surface area contributed by atoms with E-state index in [0.717, 1.165) is 30.2 Å². The van der Waals surface area contributed by atoms with E-state index >= 15 is 0 Å². The molecule has 0 amide bonds. The van der Waals surface area contributed by atoms with Crippen molar-refractivity contribution in [1.82, 2.24) is 0 Å². The topological polar surface area (TPSA) is 29.5 Å². The van der Waals surface area contributed by atoms with E-state index in [0.29, 0.717) is 5.92 Å². The fourth-order valence-corrected chi connectivity index (χ4v) is 2.10. The Kier molecular flexibility index (Phi) is 3.62. The van der Waals surface area contributed by atoms with Crippen LogP contribution in [-0.2, 0) is 4.74 Å². The molecule has 1 aromatic carbocycles.